The standard InChI is InChI=1S/C8H15NO/c1-6(2)9-8(4-5-8)7(3)10/h6,9H,4-5H2,1-3H3. The first-order chi connectivity index (χ1) is 4.57. The molecule has 1 saturated carbocycles. The smallest absolute Gasteiger partial charge is 0.149 e. The van der Waals surface area contributed by atoms with E-state index in [1.165, 1.54) is 0 Å². The zero-order chi connectivity index (χ0) is 7.78. The maximum absolute atomic E-state index is 11.0. The van der Waals surface area contributed by atoms with Crippen molar-refractivity contribution < 1.29 is 4.79 Å². The van der Waals surface area contributed by atoms with Gasteiger partial charge in [-0.2, -0.15) is 0 Å². The molecule has 0 spiro atoms. The summed E-state index contributed by atoms with van der Waals surface area (Å²) in [6.07, 6.45) is 2.06. The van der Waals surface area contributed by atoms with E-state index < -0.39 is 0 Å². The minimum atomic E-state index is -0.117. The average Bonchev–Trinajstić information content (AvgIpc) is 2.46. The van der Waals surface area contributed by atoms with Crippen LogP contribution in [0.5, 0.6) is 0 Å². The summed E-state index contributed by atoms with van der Waals surface area (Å²) in [6, 6.07) is 0.423. The van der Waals surface area contributed by atoms with Crippen LogP contribution in [-0.4, -0.2) is 17.4 Å². The summed E-state index contributed by atoms with van der Waals surface area (Å²) in [5.41, 5.74) is -0.117. The van der Waals surface area contributed by atoms with Crippen LogP contribution in [0.1, 0.15) is 33.6 Å². The summed E-state index contributed by atoms with van der Waals surface area (Å²) in [5.74, 6) is 0.293. The first-order valence-electron chi connectivity index (χ1n) is 3.85. The molecular formula is C8H15NO. The van der Waals surface area contributed by atoms with Gasteiger partial charge in [-0.3, -0.25) is 4.79 Å². The average molecular weight is 141 g/mol. The molecule has 1 aliphatic rings. The van der Waals surface area contributed by atoms with Crippen LogP contribution in [0, 0.1) is 0 Å². The molecule has 0 bridgehead atoms. The van der Waals surface area contributed by atoms with Crippen molar-refractivity contribution in [2.24, 2.45) is 0 Å². The van der Waals surface area contributed by atoms with E-state index in [2.05, 4.69) is 19.2 Å². The summed E-state index contributed by atoms with van der Waals surface area (Å²) in [6.45, 7) is 5.81. The molecule has 0 aromatic heterocycles. The quantitative estimate of drug-likeness (QED) is 0.637. The van der Waals surface area contributed by atoms with Crippen molar-refractivity contribution >= 4 is 5.78 Å². The summed E-state index contributed by atoms with van der Waals surface area (Å²) >= 11 is 0. The third kappa shape index (κ3) is 1.37. The monoisotopic (exact) mass is 141 g/mol. The molecule has 58 valence electrons. The summed E-state index contributed by atoms with van der Waals surface area (Å²) in [4.78, 5) is 11.0. The molecule has 0 saturated heterocycles. The summed E-state index contributed by atoms with van der Waals surface area (Å²) < 4.78 is 0. The summed E-state index contributed by atoms with van der Waals surface area (Å²) in [7, 11) is 0. The van der Waals surface area contributed by atoms with Gasteiger partial charge in [-0.15, -0.1) is 0 Å². The van der Waals surface area contributed by atoms with Crippen molar-refractivity contribution in [3.05, 3.63) is 0 Å². The van der Waals surface area contributed by atoms with Gasteiger partial charge < -0.3 is 5.32 Å². The van der Waals surface area contributed by atoms with Gasteiger partial charge in [-0.05, 0) is 33.6 Å². The fourth-order valence-electron chi connectivity index (χ4n) is 1.28. The molecule has 1 N–H and O–H groups in total. The number of carbonyl (C=O) groups is 1. The van der Waals surface area contributed by atoms with Gasteiger partial charge in [0.05, 0.1) is 5.54 Å². The lowest BCUT2D eigenvalue weighted by atomic mass is 10.1. The van der Waals surface area contributed by atoms with E-state index in [0.717, 1.165) is 12.8 Å². The molecule has 0 aromatic rings. The Hall–Kier alpha value is -0.370. The molecule has 0 amide bonds. The number of hydrogen-bond acceptors (Lipinski definition) is 2. The molecule has 2 heteroatoms. The Labute approximate surface area is 62.0 Å². The highest BCUT2D eigenvalue weighted by Crippen LogP contribution is 2.36. The second-order valence-corrected chi connectivity index (χ2v) is 3.44. The van der Waals surface area contributed by atoms with Gasteiger partial charge in [0, 0.05) is 6.04 Å². The number of hydrogen-bond donors (Lipinski definition) is 1. The Morgan fingerprint density at radius 2 is 2.00 bits per heavy atom. The Bertz CT molecular complexity index is 147. The first kappa shape index (κ1) is 7.73. The van der Waals surface area contributed by atoms with Crippen molar-refractivity contribution in [1.29, 1.82) is 0 Å². The minimum absolute atomic E-state index is 0.117. The molecule has 1 aliphatic carbocycles. The van der Waals surface area contributed by atoms with Gasteiger partial charge in [-0.1, -0.05) is 0 Å². The third-order valence-electron chi connectivity index (χ3n) is 1.99. The van der Waals surface area contributed by atoms with E-state index in [9.17, 15) is 4.79 Å². The number of ketones is 1. The number of rotatable bonds is 3. The van der Waals surface area contributed by atoms with Crippen LogP contribution in [0.2, 0.25) is 0 Å². The van der Waals surface area contributed by atoms with E-state index in [1.807, 2.05) is 0 Å². The molecule has 10 heavy (non-hydrogen) atoms. The molecule has 1 rings (SSSR count). The maximum atomic E-state index is 11.0. The van der Waals surface area contributed by atoms with Crippen LogP contribution < -0.4 is 5.32 Å². The van der Waals surface area contributed by atoms with Crippen LogP contribution in [0.3, 0.4) is 0 Å². The van der Waals surface area contributed by atoms with Crippen molar-refractivity contribution in [1.82, 2.24) is 5.32 Å². The predicted octanol–water partition coefficient (Wildman–Crippen LogP) is 1.11. The van der Waals surface area contributed by atoms with Crippen molar-refractivity contribution in [2.45, 2.75) is 45.2 Å². The lowest BCUT2D eigenvalue weighted by Crippen LogP contribution is -2.41. The first-order valence-corrected chi connectivity index (χ1v) is 3.85. The predicted molar refractivity (Wildman–Crippen MR) is 40.9 cm³/mol. The Balaban J connectivity index is 2.45. The van der Waals surface area contributed by atoms with E-state index >= 15 is 0 Å². The molecule has 0 aliphatic heterocycles. The largest absolute Gasteiger partial charge is 0.303 e. The van der Waals surface area contributed by atoms with Crippen LogP contribution in [0.4, 0.5) is 0 Å². The molecule has 0 unspecified atom stereocenters. The van der Waals surface area contributed by atoms with Crippen LogP contribution >= 0.6 is 0 Å². The highest BCUT2D eigenvalue weighted by atomic mass is 16.1. The molecule has 2 nitrogen and oxygen atoms in total. The molecular weight excluding hydrogens is 126 g/mol. The molecule has 0 radical (unpaired) electrons. The lowest BCUT2D eigenvalue weighted by Gasteiger charge is -2.16. The van der Waals surface area contributed by atoms with Gasteiger partial charge in [-0.25, -0.2) is 0 Å². The normalized spacial score (nSPS) is 21.2. The van der Waals surface area contributed by atoms with Gasteiger partial charge in [0.1, 0.15) is 5.78 Å². The molecule has 0 atom stereocenters. The number of carbonyl (C=O) groups excluding carboxylic acids is 1. The van der Waals surface area contributed by atoms with Crippen LogP contribution in [0.25, 0.3) is 0 Å². The van der Waals surface area contributed by atoms with Gasteiger partial charge in [0.25, 0.3) is 0 Å². The van der Waals surface area contributed by atoms with Crippen molar-refractivity contribution in [2.75, 3.05) is 0 Å². The molecule has 0 heterocycles. The number of Topliss-reactive ketones (excluding diaryl/α,β-unsaturated/α-hetero) is 1. The van der Waals surface area contributed by atoms with Gasteiger partial charge >= 0.3 is 0 Å². The highest BCUT2D eigenvalue weighted by molar-refractivity contribution is 5.89. The van der Waals surface area contributed by atoms with E-state index in [-0.39, 0.29) is 5.54 Å². The van der Waals surface area contributed by atoms with E-state index in [1.54, 1.807) is 6.92 Å². The SMILES string of the molecule is CC(=O)C1(NC(C)C)CC1. The van der Waals surface area contributed by atoms with Crippen LogP contribution in [-0.2, 0) is 4.79 Å². The Morgan fingerprint density at radius 3 is 2.10 bits per heavy atom. The summed E-state index contributed by atoms with van der Waals surface area (Å²) in [5, 5.41) is 3.28. The Kier molecular flexibility index (Phi) is 1.82. The number of nitrogens with one attached hydrogen (secondary N) is 1. The second kappa shape index (κ2) is 2.35. The van der Waals surface area contributed by atoms with Gasteiger partial charge in [0.15, 0.2) is 0 Å². The molecule has 0 aromatic carbocycles. The topological polar surface area (TPSA) is 29.1 Å². The van der Waals surface area contributed by atoms with Crippen molar-refractivity contribution in [3.8, 4) is 0 Å². The zero-order valence-electron chi connectivity index (χ0n) is 6.90. The van der Waals surface area contributed by atoms with E-state index in [0.29, 0.717) is 11.8 Å². The molecule has 1 fully saturated rings. The van der Waals surface area contributed by atoms with E-state index in [4.69, 9.17) is 0 Å². The lowest BCUT2D eigenvalue weighted by molar-refractivity contribution is -0.120. The third-order valence-corrected chi connectivity index (χ3v) is 1.99. The zero-order valence-corrected chi connectivity index (χ0v) is 6.90. The van der Waals surface area contributed by atoms with Crippen LogP contribution in [0.15, 0.2) is 0 Å². The maximum Gasteiger partial charge on any atom is 0.149 e. The fraction of sp³-hybridized carbons (Fsp3) is 0.875. The minimum Gasteiger partial charge on any atom is -0.303 e. The second-order valence-electron chi connectivity index (χ2n) is 3.44. The Morgan fingerprint density at radius 1 is 1.50 bits per heavy atom. The highest BCUT2D eigenvalue weighted by Gasteiger charge is 2.47. The van der Waals surface area contributed by atoms with Crippen molar-refractivity contribution in [3.63, 3.8) is 0 Å². The fourth-order valence-corrected chi connectivity index (χ4v) is 1.28. The van der Waals surface area contributed by atoms with Gasteiger partial charge in [0.2, 0.25) is 0 Å².